The second-order valence-corrected chi connectivity index (χ2v) is 12.7. The number of halogens is 4. The number of carbonyl (C=O) groups is 2. The van der Waals surface area contributed by atoms with Gasteiger partial charge in [0.05, 0.1) is 6.26 Å². The summed E-state index contributed by atoms with van der Waals surface area (Å²) < 4.78 is 76.7. The number of unbranched alkanes of at least 4 members (excludes halogenated alkanes) is 1. The third-order valence-corrected chi connectivity index (χ3v) is 7.56. The van der Waals surface area contributed by atoms with Gasteiger partial charge < -0.3 is 25.0 Å². The average molecular weight is 713 g/mol. The van der Waals surface area contributed by atoms with Crippen molar-refractivity contribution in [1.82, 2.24) is 15.2 Å². The average Bonchev–Trinajstić information content (AvgIpc) is 3.48. The van der Waals surface area contributed by atoms with Crippen molar-refractivity contribution in [2.24, 2.45) is 0 Å². The van der Waals surface area contributed by atoms with Crippen LogP contribution in [0.2, 0.25) is 0 Å². The summed E-state index contributed by atoms with van der Waals surface area (Å²) in [5.74, 6) is -0.137. The summed E-state index contributed by atoms with van der Waals surface area (Å²) in [5, 5.41) is 15.7. The van der Waals surface area contributed by atoms with Gasteiger partial charge in [0.25, 0.3) is 0 Å². The molecule has 0 atom stereocenters. The molecule has 2 aromatic heterocycles. The van der Waals surface area contributed by atoms with Crippen LogP contribution >= 0.6 is 11.3 Å². The highest BCUT2D eigenvalue weighted by Gasteiger charge is 2.31. The fourth-order valence-electron chi connectivity index (χ4n) is 3.87. The van der Waals surface area contributed by atoms with E-state index in [2.05, 4.69) is 35.3 Å². The van der Waals surface area contributed by atoms with Crippen LogP contribution in [0.5, 0.6) is 5.75 Å². The Bertz CT molecular complexity index is 1700. The van der Waals surface area contributed by atoms with E-state index in [1.54, 1.807) is 60.8 Å². The number of carbonyl (C=O) groups excluding carboxylic acids is 2. The first-order valence-corrected chi connectivity index (χ1v) is 17.1. The Hall–Kier alpha value is -4.64. The largest absolute Gasteiger partial charge is 0.573 e. The Morgan fingerprint density at radius 2 is 1.52 bits per heavy atom. The molecule has 11 nitrogen and oxygen atoms in total. The molecule has 17 heteroatoms. The first-order valence-electron chi connectivity index (χ1n) is 14.4. The number of ether oxygens (including phenoxy) is 1. The molecule has 0 aliphatic carbocycles. The number of pyridine rings is 1. The van der Waals surface area contributed by atoms with E-state index in [4.69, 9.17) is 0 Å². The minimum atomic E-state index is -4.69. The summed E-state index contributed by atoms with van der Waals surface area (Å²) in [4.78, 5) is 24.2. The lowest BCUT2D eigenvalue weighted by Gasteiger charge is -2.08. The molecule has 0 fully saturated rings. The van der Waals surface area contributed by atoms with E-state index in [1.807, 2.05) is 7.05 Å². The van der Waals surface area contributed by atoms with E-state index >= 15 is 0 Å². The van der Waals surface area contributed by atoms with Gasteiger partial charge in [-0.1, -0.05) is 41.7 Å². The predicted molar refractivity (Wildman–Crippen MR) is 177 cm³/mol. The smallest absolute Gasteiger partial charge is 0.406 e. The number of aldehydes is 2. The topological polar surface area (TPSA) is 152 Å². The molecule has 48 heavy (non-hydrogen) atoms. The van der Waals surface area contributed by atoms with Gasteiger partial charge in [0, 0.05) is 44.6 Å². The van der Waals surface area contributed by atoms with E-state index in [1.165, 1.54) is 18.2 Å². The highest BCUT2D eigenvalue weighted by Crippen LogP contribution is 2.23. The molecule has 0 spiro atoms. The number of rotatable bonds is 14. The van der Waals surface area contributed by atoms with Gasteiger partial charge >= 0.3 is 6.36 Å². The number of benzene rings is 2. The molecule has 4 aromatic rings. The van der Waals surface area contributed by atoms with E-state index in [9.17, 15) is 35.6 Å². The van der Waals surface area contributed by atoms with Gasteiger partial charge in [-0.2, -0.15) is 4.39 Å². The second-order valence-electron chi connectivity index (χ2n) is 9.87. The number of nitrogens with one attached hydrogen (secondary N) is 3. The summed E-state index contributed by atoms with van der Waals surface area (Å²) in [6.45, 7) is 0. The minimum absolute atomic E-state index is 0.0784. The summed E-state index contributed by atoms with van der Waals surface area (Å²) in [6.07, 6.45) is 1.60. The van der Waals surface area contributed by atoms with Gasteiger partial charge in [0.1, 0.15) is 29.1 Å². The Morgan fingerprint density at radius 3 is 2.08 bits per heavy atom. The lowest BCUT2D eigenvalue weighted by molar-refractivity contribution is -0.274. The van der Waals surface area contributed by atoms with Crippen LogP contribution in [0, 0.1) is 5.95 Å². The molecule has 0 bridgehead atoms. The maximum absolute atomic E-state index is 13.7. The van der Waals surface area contributed by atoms with Crippen LogP contribution in [0.4, 0.5) is 34.2 Å². The van der Waals surface area contributed by atoms with Crippen LogP contribution in [-0.2, 0) is 45.3 Å². The Balaban J connectivity index is 0.000000257. The quantitative estimate of drug-likeness (QED) is 0.0629. The molecule has 0 saturated carbocycles. The van der Waals surface area contributed by atoms with Crippen LogP contribution in [0.25, 0.3) is 0 Å². The molecule has 260 valence electrons. The van der Waals surface area contributed by atoms with Crippen LogP contribution in [0.1, 0.15) is 34.5 Å². The summed E-state index contributed by atoms with van der Waals surface area (Å²) in [5.41, 5.74) is 2.42. The lowest BCUT2D eigenvalue weighted by atomic mass is 10.1. The first-order chi connectivity index (χ1) is 22.7. The number of nitrogens with zero attached hydrogens (tertiary/aromatic N) is 3. The van der Waals surface area contributed by atoms with Crippen molar-refractivity contribution in [3.8, 4) is 5.75 Å². The number of alkyl halides is 3. The summed E-state index contributed by atoms with van der Waals surface area (Å²) >= 11 is 1.56. The van der Waals surface area contributed by atoms with Gasteiger partial charge in [-0.25, -0.2) is 13.4 Å². The van der Waals surface area contributed by atoms with E-state index in [-0.39, 0.29) is 18.1 Å². The molecule has 0 aliphatic rings. The molecular weight excluding hydrogens is 677 g/mol. The van der Waals surface area contributed by atoms with Crippen molar-refractivity contribution in [1.29, 1.82) is 0 Å². The van der Waals surface area contributed by atoms with Crippen LogP contribution in [0.3, 0.4) is 0 Å². The zero-order chi connectivity index (χ0) is 35.6. The highest BCUT2D eigenvalue weighted by atomic mass is 32.2. The van der Waals surface area contributed by atoms with Crippen LogP contribution < -0.4 is 20.1 Å². The number of aryl methyl sites for hydroxylation is 2. The molecule has 0 radical (unpaired) electrons. The normalized spacial score (nSPS) is 10.8. The first kappa shape index (κ1) is 39.5. The van der Waals surface area contributed by atoms with Crippen molar-refractivity contribution < 1.29 is 40.3 Å². The third kappa shape index (κ3) is 16.3. The molecule has 2 heterocycles. The molecule has 3 N–H and O–H groups in total. The Labute approximate surface area is 280 Å². The van der Waals surface area contributed by atoms with Crippen LogP contribution in [0.15, 0.2) is 60.7 Å². The van der Waals surface area contributed by atoms with Gasteiger partial charge in [-0.3, -0.25) is 4.72 Å². The van der Waals surface area contributed by atoms with Gasteiger partial charge in [-0.15, -0.1) is 23.4 Å². The highest BCUT2D eigenvalue weighted by molar-refractivity contribution is 7.92. The second kappa shape index (κ2) is 19.9. The molecule has 0 unspecified atom stereocenters. The molecule has 0 amide bonds. The standard InChI is InChI=1S/C13H18FN5S.C9H7F3O2.C9H11NO3S/c1-15-10-8-7-9(12(14)17-10)5-3-4-6-11-18-19-13(16-2)20-11;10-9(11,12)14-8-3-1-2-7(6-8)4-5-13;1-14(12,13)10-9-4-2-3-8(7-9)5-6-11/h7-8H,3-6H2,1-2H3,(H,15,17)(H,16,19);1-3,5-6H,4H2;2-4,6-7,10H,5H2,1H3. The SMILES string of the molecule is CNc1ccc(CCCCc2nnc(NC)s2)c(F)n1.CS(=O)(=O)Nc1cccc(CC=O)c1.O=CCc1cccc(OC(F)(F)F)c1. The Morgan fingerprint density at radius 1 is 0.875 bits per heavy atom. The monoisotopic (exact) mass is 712 g/mol. The number of sulfonamides is 1. The lowest BCUT2D eigenvalue weighted by Crippen LogP contribution is -2.17. The third-order valence-electron chi connectivity index (χ3n) is 5.95. The summed E-state index contributed by atoms with van der Waals surface area (Å²) in [7, 11) is 0.306. The molecule has 2 aromatic carbocycles. The predicted octanol–water partition coefficient (Wildman–Crippen LogP) is 5.85. The molecular formula is C31H36F4N6O5S2. The van der Waals surface area contributed by atoms with Crippen molar-refractivity contribution in [3.63, 3.8) is 0 Å². The zero-order valence-electron chi connectivity index (χ0n) is 26.4. The van der Waals surface area contributed by atoms with Gasteiger partial charge in [0.15, 0.2) is 0 Å². The van der Waals surface area contributed by atoms with Crippen molar-refractivity contribution in [2.45, 2.75) is 44.9 Å². The van der Waals surface area contributed by atoms with Crippen molar-refractivity contribution in [2.75, 3.05) is 35.7 Å². The maximum atomic E-state index is 13.7. The van der Waals surface area contributed by atoms with Crippen LogP contribution in [-0.4, -0.2) is 62.9 Å². The summed E-state index contributed by atoms with van der Waals surface area (Å²) in [6, 6.07) is 15.6. The molecule has 4 rings (SSSR count). The van der Waals surface area contributed by atoms with Crippen molar-refractivity contribution >= 4 is 50.6 Å². The van der Waals surface area contributed by atoms with Gasteiger partial charge in [-0.05, 0) is 60.7 Å². The van der Waals surface area contributed by atoms with E-state index in [0.29, 0.717) is 41.8 Å². The Kier molecular flexibility index (Phi) is 16.4. The zero-order valence-corrected chi connectivity index (χ0v) is 28.0. The maximum Gasteiger partial charge on any atom is 0.573 e. The number of hydrogen-bond acceptors (Lipinski definition) is 11. The number of anilines is 3. The number of hydrogen-bond donors (Lipinski definition) is 3. The van der Waals surface area contributed by atoms with Gasteiger partial charge in [0.2, 0.25) is 21.1 Å². The number of aromatic nitrogens is 3. The minimum Gasteiger partial charge on any atom is -0.406 e. The fourth-order valence-corrected chi connectivity index (χ4v) is 5.16. The van der Waals surface area contributed by atoms with E-state index < -0.39 is 16.4 Å². The van der Waals surface area contributed by atoms with E-state index in [0.717, 1.165) is 47.5 Å². The molecule has 0 aliphatic heterocycles. The van der Waals surface area contributed by atoms with Crippen molar-refractivity contribution in [3.05, 3.63) is 88.3 Å². The fraction of sp³-hybridized carbons (Fsp3) is 0.323. The molecule has 0 saturated heterocycles.